The van der Waals surface area contributed by atoms with E-state index in [1.807, 2.05) is 62.6 Å². The third kappa shape index (κ3) is 3.20. The molecule has 0 bridgehead atoms. The fourth-order valence-corrected chi connectivity index (χ4v) is 4.38. The molecule has 1 amide bonds. The predicted octanol–water partition coefficient (Wildman–Crippen LogP) is 3.84. The third-order valence-corrected chi connectivity index (χ3v) is 5.83. The average Bonchev–Trinajstić information content (AvgIpc) is 3.06. The molecule has 4 aromatic rings. The number of nitrogens with zero attached hydrogens (tertiary/aromatic N) is 3. The van der Waals surface area contributed by atoms with Gasteiger partial charge in [0.15, 0.2) is 5.43 Å². The number of carbonyl (C=O) groups is 1. The van der Waals surface area contributed by atoms with Crippen LogP contribution in [0, 0.1) is 0 Å². The summed E-state index contributed by atoms with van der Waals surface area (Å²) in [5.74, 6) is -0.120. The maximum atomic E-state index is 13.6. The Bertz CT molecular complexity index is 1340. The second kappa shape index (κ2) is 7.63. The van der Waals surface area contributed by atoms with Gasteiger partial charge in [0.2, 0.25) is 5.76 Å². The molecule has 0 saturated heterocycles. The molecule has 6 heteroatoms. The van der Waals surface area contributed by atoms with E-state index in [1.165, 1.54) is 0 Å². The molecule has 0 radical (unpaired) electrons. The summed E-state index contributed by atoms with van der Waals surface area (Å²) in [6, 6.07) is 16.4. The molecule has 156 valence electrons. The van der Waals surface area contributed by atoms with Crippen LogP contribution in [-0.2, 0) is 0 Å². The highest BCUT2D eigenvalue weighted by atomic mass is 16.3. The molecule has 1 unspecified atom stereocenters. The average molecular weight is 413 g/mol. The summed E-state index contributed by atoms with van der Waals surface area (Å²) in [5.41, 5.74) is 1.36. The van der Waals surface area contributed by atoms with Crippen LogP contribution in [0.15, 0.2) is 70.0 Å². The van der Waals surface area contributed by atoms with Crippen LogP contribution in [0.5, 0.6) is 0 Å². The van der Waals surface area contributed by atoms with Crippen molar-refractivity contribution < 1.29 is 9.21 Å². The zero-order valence-electron chi connectivity index (χ0n) is 17.5. The number of pyridine rings is 1. The summed E-state index contributed by atoms with van der Waals surface area (Å²) in [7, 11) is 4.00. The van der Waals surface area contributed by atoms with Crippen LogP contribution >= 0.6 is 0 Å². The van der Waals surface area contributed by atoms with E-state index < -0.39 is 6.04 Å². The van der Waals surface area contributed by atoms with Crippen LogP contribution in [-0.4, -0.2) is 47.9 Å². The first kappa shape index (κ1) is 19.5. The number of hydrogen-bond donors (Lipinski definition) is 0. The number of aromatic nitrogens is 1. The van der Waals surface area contributed by atoms with Gasteiger partial charge in [-0.25, -0.2) is 0 Å². The minimum absolute atomic E-state index is 0.134. The van der Waals surface area contributed by atoms with E-state index in [4.69, 9.17) is 4.42 Å². The Kier molecular flexibility index (Phi) is 4.79. The molecule has 6 nitrogen and oxygen atoms in total. The fraction of sp³-hybridized carbons (Fsp3) is 0.240. The van der Waals surface area contributed by atoms with Crippen LogP contribution in [0.2, 0.25) is 0 Å². The standard InChI is InChI=1S/C25H23N3O3/c1-27(2)14-7-15-28-21(19-10-5-6-13-26-19)20-22(29)18-12-11-16-8-3-4-9-17(16)23(18)31-24(20)25(28)30/h3-6,8-13,21H,7,14-15H2,1-2H3. The lowest BCUT2D eigenvalue weighted by Crippen LogP contribution is -2.32. The van der Waals surface area contributed by atoms with Gasteiger partial charge in [-0.3, -0.25) is 14.6 Å². The molecule has 0 spiro atoms. The topological polar surface area (TPSA) is 66.7 Å². The predicted molar refractivity (Wildman–Crippen MR) is 120 cm³/mol. The van der Waals surface area contributed by atoms with Crippen LogP contribution in [0.3, 0.4) is 0 Å². The summed E-state index contributed by atoms with van der Waals surface area (Å²) in [5, 5.41) is 2.28. The minimum Gasteiger partial charge on any atom is -0.450 e. The number of benzene rings is 2. The van der Waals surface area contributed by atoms with E-state index in [0.29, 0.717) is 28.8 Å². The second-order valence-electron chi connectivity index (χ2n) is 8.15. The first-order valence-corrected chi connectivity index (χ1v) is 10.4. The van der Waals surface area contributed by atoms with Gasteiger partial charge in [-0.2, -0.15) is 0 Å². The molecule has 5 rings (SSSR count). The summed E-state index contributed by atoms with van der Waals surface area (Å²) in [6.07, 6.45) is 2.47. The molecule has 0 N–H and O–H groups in total. The van der Waals surface area contributed by atoms with Crippen molar-refractivity contribution in [1.82, 2.24) is 14.8 Å². The Morgan fingerprint density at radius 2 is 1.81 bits per heavy atom. The SMILES string of the molecule is CN(C)CCCN1C(=O)c2oc3c(ccc4ccccc43)c(=O)c2C1c1ccccn1. The molecule has 31 heavy (non-hydrogen) atoms. The van der Waals surface area contributed by atoms with Crippen molar-refractivity contribution in [2.45, 2.75) is 12.5 Å². The van der Waals surface area contributed by atoms with Gasteiger partial charge in [-0.05, 0) is 50.6 Å². The van der Waals surface area contributed by atoms with Crippen molar-refractivity contribution in [3.8, 4) is 0 Å². The van der Waals surface area contributed by atoms with Gasteiger partial charge in [-0.15, -0.1) is 0 Å². The molecule has 2 aromatic heterocycles. The molecule has 1 atom stereocenters. The van der Waals surface area contributed by atoms with Gasteiger partial charge in [0, 0.05) is 18.1 Å². The lowest BCUT2D eigenvalue weighted by molar-refractivity contribution is 0.0720. The fourth-order valence-electron chi connectivity index (χ4n) is 4.38. The van der Waals surface area contributed by atoms with Gasteiger partial charge >= 0.3 is 0 Å². The van der Waals surface area contributed by atoms with Gasteiger partial charge in [0.25, 0.3) is 5.91 Å². The van der Waals surface area contributed by atoms with E-state index in [9.17, 15) is 9.59 Å². The van der Waals surface area contributed by atoms with Crippen molar-refractivity contribution in [1.29, 1.82) is 0 Å². The van der Waals surface area contributed by atoms with Gasteiger partial charge in [0.1, 0.15) is 11.6 Å². The summed E-state index contributed by atoms with van der Waals surface area (Å²) in [4.78, 5) is 35.4. The van der Waals surface area contributed by atoms with Crippen molar-refractivity contribution in [3.05, 3.63) is 88.0 Å². The van der Waals surface area contributed by atoms with E-state index in [1.54, 1.807) is 17.2 Å². The largest absolute Gasteiger partial charge is 0.450 e. The molecule has 0 fully saturated rings. The van der Waals surface area contributed by atoms with E-state index >= 15 is 0 Å². The molecule has 3 heterocycles. The van der Waals surface area contributed by atoms with Crippen molar-refractivity contribution in [3.63, 3.8) is 0 Å². The molecule has 2 aromatic carbocycles. The van der Waals surface area contributed by atoms with Crippen molar-refractivity contribution >= 4 is 27.6 Å². The Morgan fingerprint density at radius 3 is 2.58 bits per heavy atom. The summed E-state index contributed by atoms with van der Waals surface area (Å²) >= 11 is 0. The zero-order valence-corrected chi connectivity index (χ0v) is 17.5. The van der Waals surface area contributed by atoms with Crippen molar-refractivity contribution in [2.75, 3.05) is 27.2 Å². The number of amides is 1. The zero-order chi connectivity index (χ0) is 21.5. The monoisotopic (exact) mass is 413 g/mol. The first-order chi connectivity index (χ1) is 15.1. The highest BCUT2D eigenvalue weighted by Crippen LogP contribution is 2.38. The third-order valence-electron chi connectivity index (χ3n) is 5.83. The van der Waals surface area contributed by atoms with Gasteiger partial charge in [-0.1, -0.05) is 36.4 Å². The molecular weight excluding hydrogens is 390 g/mol. The molecule has 1 aliphatic rings. The van der Waals surface area contributed by atoms with Crippen molar-refractivity contribution in [2.24, 2.45) is 0 Å². The highest BCUT2D eigenvalue weighted by molar-refractivity contribution is 6.06. The number of fused-ring (bicyclic) bond motifs is 4. The Hall–Kier alpha value is -3.51. The Morgan fingerprint density at radius 1 is 1.00 bits per heavy atom. The smallest absolute Gasteiger partial charge is 0.290 e. The lowest BCUT2D eigenvalue weighted by atomic mass is 10.0. The highest BCUT2D eigenvalue weighted by Gasteiger charge is 2.43. The van der Waals surface area contributed by atoms with Crippen LogP contribution in [0.1, 0.15) is 34.3 Å². The molecular formula is C25H23N3O3. The van der Waals surface area contributed by atoms with E-state index in [0.717, 1.165) is 23.7 Å². The molecule has 0 aliphatic carbocycles. The quantitative estimate of drug-likeness (QED) is 0.465. The van der Waals surface area contributed by atoms with Crippen LogP contribution < -0.4 is 5.43 Å². The first-order valence-electron chi connectivity index (χ1n) is 10.4. The van der Waals surface area contributed by atoms with Crippen LogP contribution in [0.25, 0.3) is 21.7 Å². The van der Waals surface area contributed by atoms with E-state index in [-0.39, 0.29) is 17.1 Å². The van der Waals surface area contributed by atoms with Gasteiger partial charge < -0.3 is 14.2 Å². The molecule has 1 aliphatic heterocycles. The number of hydrogen-bond acceptors (Lipinski definition) is 5. The molecule has 0 saturated carbocycles. The summed E-state index contributed by atoms with van der Waals surface area (Å²) in [6.45, 7) is 1.35. The summed E-state index contributed by atoms with van der Waals surface area (Å²) < 4.78 is 6.19. The second-order valence-corrected chi connectivity index (χ2v) is 8.15. The Balaban J connectivity index is 1.72. The van der Waals surface area contributed by atoms with Crippen LogP contribution in [0.4, 0.5) is 0 Å². The maximum absolute atomic E-state index is 13.6. The maximum Gasteiger partial charge on any atom is 0.290 e. The Labute approximate surface area is 179 Å². The minimum atomic E-state index is -0.544. The number of rotatable bonds is 5. The van der Waals surface area contributed by atoms with Gasteiger partial charge in [0.05, 0.1) is 16.6 Å². The lowest BCUT2D eigenvalue weighted by Gasteiger charge is -2.24. The normalized spacial score (nSPS) is 15.9. The van der Waals surface area contributed by atoms with E-state index in [2.05, 4.69) is 9.88 Å². The number of carbonyl (C=O) groups excluding carboxylic acids is 1.